The Balaban J connectivity index is 2.50. The van der Waals surface area contributed by atoms with Crippen LogP contribution in [0, 0.1) is 12.7 Å². The number of aromatic nitrogens is 1. The standard InChI is InChI=1S/C13H12ClFN2O/c1-7-2-3-11(15)9(4-7)12(18)10-5-8(14)6-17-13(10)16/h2-6,12,18H,1H3,(H2,16,17). The van der Waals surface area contributed by atoms with Crippen molar-refractivity contribution in [3.63, 3.8) is 0 Å². The predicted octanol–water partition coefficient (Wildman–Crippen LogP) is 2.85. The van der Waals surface area contributed by atoms with E-state index in [2.05, 4.69) is 4.98 Å². The number of nitrogens with zero attached hydrogens (tertiary/aromatic N) is 1. The van der Waals surface area contributed by atoms with Crippen LogP contribution < -0.4 is 5.73 Å². The Morgan fingerprint density at radius 1 is 1.33 bits per heavy atom. The molecule has 1 unspecified atom stereocenters. The number of rotatable bonds is 2. The number of aliphatic hydroxyl groups is 1. The molecule has 0 bridgehead atoms. The lowest BCUT2D eigenvalue weighted by molar-refractivity contribution is 0.215. The number of benzene rings is 1. The zero-order valence-electron chi connectivity index (χ0n) is 9.69. The van der Waals surface area contributed by atoms with E-state index < -0.39 is 11.9 Å². The molecule has 0 aliphatic heterocycles. The molecule has 0 saturated carbocycles. The van der Waals surface area contributed by atoms with E-state index in [9.17, 15) is 9.50 Å². The molecule has 94 valence electrons. The van der Waals surface area contributed by atoms with Crippen LogP contribution in [0.4, 0.5) is 10.2 Å². The first-order valence-corrected chi connectivity index (χ1v) is 5.72. The van der Waals surface area contributed by atoms with Gasteiger partial charge in [0.1, 0.15) is 17.7 Å². The van der Waals surface area contributed by atoms with Crippen LogP contribution in [0.1, 0.15) is 22.8 Å². The Morgan fingerprint density at radius 3 is 2.78 bits per heavy atom. The number of hydrogen-bond donors (Lipinski definition) is 2. The van der Waals surface area contributed by atoms with Gasteiger partial charge >= 0.3 is 0 Å². The Hall–Kier alpha value is -1.65. The van der Waals surface area contributed by atoms with Crippen molar-refractivity contribution >= 4 is 17.4 Å². The summed E-state index contributed by atoms with van der Waals surface area (Å²) >= 11 is 5.80. The van der Waals surface area contributed by atoms with Crippen LogP contribution in [-0.4, -0.2) is 10.1 Å². The number of aliphatic hydroxyl groups excluding tert-OH is 1. The molecule has 5 heteroatoms. The first-order chi connectivity index (χ1) is 8.49. The Bertz CT molecular complexity index is 538. The zero-order valence-corrected chi connectivity index (χ0v) is 10.4. The molecule has 3 nitrogen and oxygen atoms in total. The first kappa shape index (κ1) is 12.8. The summed E-state index contributed by atoms with van der Waals surface area (Å²) in [5.74, 6) is -0.361. The van der Waals surface area contributed by atoms with Crippen molar-refractivity contribution in [3.8, 4) is 0 Å². The fourth-order valence-electron chi connectivity index (χ4n) is 1.72. The molecule has 0 amide bonds. The lowest BCUT2D eigenvalue weighted by atomic mass is 10.00. The molecule has 0 aliphatic rings. The number of anilines is 1. The maximum Gasteiger partial charge on any atom is 0.129 e. The van der Waals surface area contributed by atoms with Crippen molar-refractivity contribution in [1.29, 1.82) is 0 Å². The third kappa shape index (κ3) is 2.44. The number of pyridine rings is 1. The molecule has 1 atom stereocenters. The largest absolute Gasteiger partial charge is 0.383 e. The van der Waals surface area contributed by atoms with Crippen molar-refractivity contribution in [1.82, 2.24) is 4.98 Å². The summed E-state index contributed by atoms with van der Waals surface area (Å²) in [5, 5.41) is 10.5. The highest BCUT2D eigenvalue weighted by Gasteiger charge is 2.18. The first-order valence-electron chi connectivity index (χ1n) is 5.34. The Labute approximate surface area is 109 Å². The van der Waals surface area contributed by atoms with E-state index in [1.54, 1.807) is 12.1 Å². The summed E-state index contributed by atoms with van der Waals surface area (Å²) < 4.78 is 13.7. The maximum absolute atomic E-state index is 13.7. The number of aryl methyl sites for hydroxylation is 1. The number of hydrogen-bond acceptors (Lipinski definition) is 3. The van der Waals surface area contributed by atoms with E-state index in [1.807, 2.05) is 6.92 Å². The highest BCUT2D eigenvalue weighted by Crippen LogP contribution is 2.29. The molecule has 1 aromatic carbocycles. The van der Waals surface area contributed by atoms with E-state index in [1.165, 1.54) is 18.3 Å². The summed E-state index contributed by atoms with van der Waals surface area (Å²) in [6, 6.07) is 5.99. The molecule has 0 radical (unpaired) electrons. The fourth-order valence-corrected chi connectivity index (χ4v) is 1.89. The second-order valence-corrected chi connectivity index (χ2v) is 4.49. The topological polar surface area (TPSA) is 59.1 Å². The van der Waals surface area contributed by atoms with Gasteiger partial charge in [0.25, 0.3) is 0 Å². The minimum Gasteiger partial charge on any atom is -0.383 e. The Morgan fingerprint density at radius 2 is 2.06 bits per heavy atom. The molecule has 0 saturated heterocycles. The lowest BCUT2D eigenvalue weighted by Gasteiger charge is -2.14. The molecule has 18 heavy (non-hydrogen) atoms. The van der Waals surface area contributed by atoms with E-state index in [4.69, 9.17) is 17.3 Å². The SMILES string of the molecule is Cc1ccc(F)c(C(O)c2cc(Cl)cnc2N)c1. The second kappa shape index (κ2) is 4.92. The molecule has 0 aliphatic carbocycles. The Kier molecular flexibility index (Phi) is 3.50. The molecular weight excluding hydrogens is 255 g/mol. The van der Waals surface area contributed by atoms with E-state index in [-0.39, 0.29) is 11.4 Å². The van der Waals surface area contributed by atoms with Crippen molar-refractivity contribution < 1.29 is 9.50 Å². The minimum atomic E-state index is -1.18. The van der Waals surface area contributed by atoms with Gasteiger partial charge in [0.2, 0.25) is 0 Å². The average molecular weight is 267 g/mol. The number of nitrogens with two attached hydrogens (primary N) is 1. The van der Waals surface area contributed by atoms with Crippen molar-refractivity contribution in [2.75, 3.05) is 5.73 Å². The molecule has 0 fully saturated rings. The van der Waals surface area contributed by atoms with Gasteiger partial charge < -0.3 is 10.8 Å². The molecule has 2 rings (SSSR count). The fraction of sp³-hybridized carbons (Fsp3) is 0.154. The zero-order chi connectivity index (χ0) is 13.3. The molecule has 2 aromatic rings. The van der Waals surface area contributed by atoms with Crippen LogP contribution in [-0.2, 0) is 0 Å². The van der Waals surface area contributed by atoms with Gasteiger partial charge in [0.05, 0.1) is 5.02 Å². The van der Waals surface area contributed by atoms with Crippen molar-refractivity contribution in [3.05, 3.63) is 58.0 Å². The van der Waals surface area contributed by atoms with Gasteiger partial charge in [-0.2, -0.15) is 0 Å². The molecule has 1 heterocycles. The van der Waals surface area contributed by atoms with Gasteiger partial charge in [-0.3, -0.25) is 0 Å². The van der Waals surface area contributed by atoms with Crippen LogP contribution in [0.15, 0.2) is 30.5 Å². The van der Waals surface area contributed by atoms with Gasteiger partial charge in [-0.15, -0.1) is 0 Å². The summed E-state index contributed by atoms with van der Waals surface area (Å²) in [6.45, 7) is 1.81. The molecule has 3 N–H and O–H groups in total. The maximum atomic E-state index is 13.7. The number of halogens is 2. The van der Waals surface area contributed by atoms with Gasteiger partial charge in [0.15, 0.2) is 0 Å². The number of nitrogen functional groups attached to an aromatic ring is 1. The average Bonchev–Trinajstić information content (AvgIpc) is 2.34. The van der Waals surface area contributed by atoms with Crippen molar-refractivity contribution in [2.45, 2.75) is 13.0 Å². The van der Waals surface area contributed by atoms with Gasteiger partial charge in [-0.25, -0.2) is 9.37 Å². The van der Waals surface area contributed by atoms with Crippen LogP contribution >= 0.6 is 11.6 Å². The normalized spacial score (nSPS) is 12.4. The monoisotopic (exact) mass is 266 g/mol. The quantitative estimate of drug-likeness (QED) is 0.879. The van der Waals surface area contributed by atoms with Crippen molar-refractivity contribution in [2.24, 2.45) is 0 Å². The lowest BCUT2D eigenvalue weighted by Crippen LogP contribution is -2.07. The smallest absolute Gasteiger partial charge is 0.129 e. The van der Waals surface area contributed by atoms with Gasteiger partial charge in [-0.05, 0) is 19.1 Å². The van der Waals surface area contributed by atoms with E-state index >= 15 is 0 Å². The van der Waals surface area contributed by atoms with Crippen LogP contribution in [0.3, 0.4) is 0 Å². The van der Waals surface area contributed by atoms with E-state index in [0.717, 1.165) is 5.56 Å². The molecule has 1 aromatic heterocycles. The highest BCUT2D eigenvalue weighted by molar-refractivity contribution is 6.30. The third-order valence-electron chi connectivity index (χ3n) is 2.66. The summed E-state index contributed by atoms with van der Waals surface area (Å²) in [4.78, 5) is 3.84. The molecular formula is C13H12ClFN2O. The van der Waals surface area contributed by atoms with E-state index in [0.29, 0.717) is 10.6 Å². The van der Waals surface area contributed by atoms with Crippen LogP contribution in [0.5, 0.6) is 0 Å². The summed E-state index contributed by atoms with van der Waals surface area (Å²) in [6.07, 6.45) is 0.191. The summed E-state index contributed by atoms with van der Waals surface area (Å²) in [7, 11) is 0. The molecule has 0 spiro atoms. The minimum absolute atomic E-state index is 0.132. The second-order valence-electron chi connectivity index (χ2n) is 4.06. The third-order valence-corrected chi connectivity index (χ3v) is 2.86. The van der Waals surface area contributed by atoms with Gasteiger partial charge in [0, 0.05) is 17.3 Å². The summed E-state index contributed by atoms with van der Waals surface area (Å²) in [5.41, 5.74) is 6.97. The highest BCUT2D eigenvalue weighted by atomic mass is 35.5. The van der Waals surface area contributed by atoms with Gasteiger partial charge in [-0.1, -0.05) is 29.3 Å². The van der Waals surface area contributed by atoms with Crippen LogP contribution in [0.2, 0.25) is 5.02 Å². The predicted molar refractivity (Wildman–Crippen MR) is 68.9 cm³/mol. The van der Waals surface area contributed by atoms with Crippen LogP contribution in [0.25, 0.3) is 0 Å².